The first kappa shape index (κ1) is 18.0. The highest BCUT2D eigenvalue weighted by molar-refractivity contribution is 14.0. The SMILES string of the molecule is C=CCNC(N)=NCCCNS(C)(=O)=O.I. The summed E-state index contributed by atoms with van der Waals surface area (Å²) in [6.07, 6.45) is 3.41. The Hall–Kier alpha value is -0.350. The van der Waals surface area contributed by atoms with E-state index < -0.39 is 10.0 Å². The summed E-state index contributed by atoms with van der Waals surface area (Å²) in [5, 5.41) is 2.81. The van der Waals surface area contributed by atoms with Gasteiger partial charge in [-0.15, -0.1) is 30.6 Å². The average Bonchev–Trinajstić information content (AvgIpc) is 2.12. The van der Waals surface area contributed by atoms with Gasteiger partial charge < -0.3 is 11.1 Å². The molecule has 0 aliphatic carbocycles. The van der Waals surface area contributed by atoms with Gasteiger partial charge in [-0.25, -0.2) is 13.1 Å². The van der Waals surface area contributed by atoms with Gasteiger partial charge in [0, 0.05) is 19.6 Å². The first-order chi connectivity index (χ1) is 6.95. The van der Waals surface area contributed by atoms with Crippen molar-refractivity contribution in [2.24, 2.45) is 10.7 Å². The van der Waals surface area contributed by atoms with Gasteiger partial charge in [0.15, 0.2) is 5.96 Å². The summed E-state index contributed by atoms with van der Waals surface area (Å²) in [5.41, 5.74) is 5.48. The van der Waals surface area contributed by atoms with Crippen LogP contribution >= 0.6 is 24.0 Å². The van der Waals surface area contributed by atoms with Crippen LogP contribution in [0.4, 0.5) is 0 Å². The summed E-state index contributed by atoms with van der Waals surface area (Å²) in [7, 11) is -3.10. The first-order valence-corrected chi connectivity index (χ1v) is 6.44. The number of hydrogen-bond acceptors (Lipinski definition) is 3. The summed E-state index contributed by atoms with van der Waals surface area (Å²) in [4.78, 5) is 3.98. The zero-order valence-corrected chi connectivity index (χ0v) is 12.4. The third-order valence-corrected chi connectivity index (χ3v) is 2.14. The second-order valence-electron chi connectivity index (χ2n) is 2.96. The number of nitrogens with zero attached hydrogens (tertiary/aromatic N) is 1. The van der Waals surface area contributed by atoms with Gasteiger partial charge in [-0.1, -0.05) is 6.08 Å². The molecular weight excluding hydrogens is 343 g/mol. The minimum atomic E-state index is -3.10. The van der Waals surface area contributed by atoms with Crippen LogP contribution in [0.25, 0.3) is 0 Å². The Kier molecular flexibility index (Phi) is 11.1. The van der Waals surface area contributed by atoms with Crippen molar-refractivity contribution in [1.29, 1.82) is 0 Å². The van der Waals surface area contributed by atoms with Crippen molar-refractivity contribution >= 4 is 40.0 Å². The molecule has 0 saturated carbocycles. The van der Waals surface area contributed by atoms with Crippen molar-refractivity contribution in [3.63, 3.8) is 0 Å². The van der Waals surface area contributed by atoms with Crippen LogP contribution in [0.3, 0.4) is 0 Å². The molecule has 0 heterocycles. The third kappa shape index (κ3) is 13.7. The van der Waals surface area contributed by atoms with Crippen molar-refractivity contribution < 1.29 is 8.42 Å². The molecule has 8 heteroatoms. The zero-order chi connectivity index (χ0) is 11.7. The fourth-order valence-electron chi connectivity index (χ4n) is 0.769. The van der Waals surface area contributed by atoms with Crippen molar-refractivity contribution in [1.82, 2.24) is 10.0 Å². The van der Waals surface area contributed by atoms with Crippen molar-refractivity contribution in [2.45, 2.75) is 6.42 Å². The van der Waals surface area contributed by atoms with Crippen LogP contribution in [0.15, 0.2) is 17.6 Å². The Morgan fingerprint density at radius 2 is 2.19 bits per heavy atom. The topological polar surface area (TPSA) is 96.6 Å². The van der Waals surface area contributed by atoms with Gasteiger partial charge in [0.05, 0.1) is 6.26 Å². The van der Waals surface area contributed by atoms with E-state index in [0.29, 0.717) is 32.0 Å². The molecule has 16 heavy (non-hydrogen) atoms. The number of aliphatic imine (C=N–C) groups is 1. The van der Waals surface area contributed by atoms with Gasteiger partial charge in [0.2, 0.25) is 10.0 Å². The third-order valence-electron chi connectivity index (χ3n) is 1.41. The van der Waals surface area contributed by atoms with Crippen LogP contribution in [0.5, 0.6) is 0 Å². The molecule has 0 atom stereocenters. The Morgan fingerprint density at radius 1 is 1.56 bits per heavy atom. The van der Waals surface area contributed by atoms with Crippen LogP contribution in [-0.2, 0) is 10.0 Å². The molecule has 0 amide bonds. The van der Waals surface area contributed by atoms with Crippen molar-refractivity contribution in [3.8, 4) is 0 Å². The van der Waals surface area contributed by atoms with E-state index in [4.69, 9.17) is 5.73 Å². The van der Waals surface area contributed by atoms with Gasteiger partial charge in [-0.3, -0.25) is 4.99 Å². The van der Waals surface area contributed by atoms with Gasteiger partial charge in [0.25, 0.3) is 0 Å². The number of nitrogens with one attached hydrogen (secondary N) is 2. The summed E-state index contributed by atoms with van der Waals surface area (Å²) in [6, 6.07) is 0. The van der Waals surface area contributed by atoms with Crippen molar-refractivity contribution in [3.05, 3.63) is 12.7 Å². The second kappa shape index (κ2) is 9.85. The molecule has 0 spiro atoms. The molecule has 0 fully saturated rings. The lowest BCUT2D eigenvalue weighted by atomic mass is 10.4. The highest BCUT2D eigenvalue weighted by Gasteiger charge is 1.97. The molecule has 0 radical (unpaired) electrons. The average molecular weight is 362 g/mol. The van der Waals surface area contributed by atoms with Crippen molar-refractivity contribution in [2.75, 3.05) is 25.9 Å². The lowest BCUT2D eigenvalue weighted by Crippen LogP contribution is -2.32. The molecular formula is C8H19IN4O2S. The molecule has 0 aliphatic rings. The molecule has 0 aromatic heterocycles. The lowest BCUT2D eigenvalue weighted by Gasteiger charge is -2.02. The lowest BCUT2D eigenvalue weighted by molar-refractivity contribution is 0.586. The zero-order valence-electron chi connectivity index (χ0n) is 9.27. The number of guanidine groups is 1. The minimum absolute atomic E-state index is 0. The highest BCUT2D eigenvalue weighted by atomic mass is 127. The molecule has 96 valence electrons. The molecule has 0 unspecified atom stereocenters. The van der Waals surface area contributed by atoms with E-state index in [-0.39, 0.29) is 24.0 Å². The summed E-state index contributed by atoms with van der Waals surface area (Å²) >= 11 is 0. The number of nitrogens with two attached hydrogens (primary N) is 1. The van der Waals surface area contributed by atoms with E-state index in [1.807, 2.05) is 0 Å². The number of sulfonamides is 1. The Labute approximate surface area is 114 Å². The maximum Gasteiger partial charge on any atom is 0.208 e. The van der Waals surface area contributed by atoms with E-state index >= 15 is 0 Å². The van der Waals surface area contributed by atoms with Crippen LogP contribution in [-0.4, -0.2) is 40.3 Å². The molecule has 0 bridgehead atoms. The Morgan fingerprint density at radius 3 is 2.69 bits per heavy atom. The predicted octanol–water partition coefficient (Wildman–Crippen LogP) is -0.366. The molecule has 0 aliphatic heterocycles. The van der Waals surface area contributed by atoms with E-state index in [0.717, 1.165) is 6.26 Å². The molecule has 4 N–H and O–H groups in total. The molecule has 6 nitrogen and oxygen atoms in total. The van der Waals surface area contributed by atoms with Crippen LogP contribution < -0.4 is 15.8 Å². The molecule has 0 saturated heterocycles. The smallest absolute Gasteiger partial charge is 0.208 e. The summed E-state index contributed by atoms with van der Waals surface area (Å²) < 4.78 is 23.7. The monoisotopic (exact) mass is 362 g/mol. The summed E-state index contributed by atoms with van der Waals surface area (Å²) in [5.74, 6) is 0.342. The largest absolute Gasteiger partial charge is 0.370 e. The molecule has 0 aromatic carbocycles. The maximum atomic E-state index is 10.7. The normalized spacial score (nSPS) is 11.7. The first-order valence-electron chi connectivity index (χ1n) is 4.55. The second-order valence-corrected chi connectivity index (χ2v) is 4.79. The molecule has 0 aromatic rings. The number of hydrogen-bond donors (Lipinski definition) is 3. The maximum absolute atomic E-state index is 10.7. The highest BCUT2D eigenvalue weighted by Crippen LogP contribution is 1.81. The van der Waals surface area contributed by atoms with E-state index in [9.17, 15) is 8.42 Å². The van der Waals surface area contributed by atoms with Crippen LogP contribution in [0, 0.1) is 0 Å². The minimum Gasteiger partial charge on any atom is -0.370 e. The van der Waals surface area contributed by atoms with Gasteiger partial charge in [-0.2, -0.15) is 0 Å². The van der Waals surface area contributed by atoms with E-state index in [1.54, 1.807) is 6.08 Å². The number of rotatable bonds is 7. The predicted molar refractivity (Wildman–Crippen MR) is 77.6 cm³/mol. The summed E-state index contributed by atoms with van der Waals surface area (Å²) in [6.45, 7) is 4.94. The van der Waals surface area contributed by atoms with Crippen LogP contribution in [0.1, 0.15) is 6.42 Å². The van der Waals surface area contributed by atoms with Gasteiger partial charge in [-0.05, 0) is 6.42 Å². The fraction of sp³-hybridized carbons (Fsp3) is 0.625. The van der Waals surface area contributed by atoms with E-state index in [2.05, 4.69) is 21.6 Å². The van der Waals surface area contributed by atoms with Gasteiger partial charge in [0.1, 0.15) is 0 Å². The molecule has 0 rings (SSSR count). The number of halogens is 1. The standard InChI is InChI=1S/C8H18N4O2S.HI/c1-3-5-10-8(9)11-6-4-7-12-15(2,13)14;/h3,12H,1,4-7H2,2H3,(H3,9,10,11);1H. The fourth-order valence-corrected chi connectivity index (χ4v) is 1.28. The quantitative estimate of drug-likeness (QED) is 0.189. The van der Waals surface area contributed by atoms with Gasteiger partial charge >= 0.3 is 0 Å². The Bertz CT molecular complexity index is 316. The van der Waals surface area contributed by atoms with Crippen LogP contribution in [0.2, 0.25) is 0 Å². The Balaban J connectivity index is 0. The van der Waals surface area contributed by atoms with E-state index in [1.165, 1.54) is 0 Å².